The number of nitrogens with one attached hydrogen (secondary N) is 1. The molecule has 0 saturated carbocycles. The predicted molar refractivity (Wildman–Crippen MR) is 61.1 cm³/mol. The molecule has 1 aliphatic rings. The third-order valence-corrected chi connectivity index (χ3v) is 2.66. The molecule has 1 aliphatic heterocycles. The summed E-state index contributed by atoms with van der Waals surface area (Å²) in [6.45, 7) is -0.142. The molecule has 0 aliphatic carbocycles. The van der Waals surface area contributed by atoms with E-state index in [1.54, 1.807) is 0 Å². The standard InChI is InChI=1S/C12H10F5NO3/c13-11(14)5-9(20-10(11)19)6-18-7-2-1-3-8(4-7)21-12(15,16)17/h1-4,9,18H,5-6H2. The number of esters is 1. The topological polar surface area (TPSA) is 47.6 Å². The molecule has 1 heterocycles. The van der Waals surface area contributed by atoms with E-state index in [1.807, 2.05) is 0 Å². The maximum atomic E-state index is 12.9. The van der Waals surface area contributed by atoms with Gasteiger partial charge in [-0.25, -0.2) is 4.79 Å². The maximum Gasteiger partial charge on any atom is 0.573 e. The lowest BCUT2D eigenvalue weighted by Gasteiger charge is -2.13. The maximum absolute atomic E-state index is 12.9. The van der Waals surface area contributed by atoms with Crippen LogP contribution in [-0.2, 0) is 9.53 Å². The van der Waals surface area contributed by atoms with Crippen LogP contribution in [0.3, 0.4) is 0 Å². The fourth-order valence-electron chi connectivity index (χ4n) is 1.80. The Bertz CT molecular complexity index is 532. The Morgan fingerprint density at radius 2 is 2.10 bits per heavy atom. The smallest absolute Gasteiger partial charge is 0.456 e. The lowest BCUT2D eigenvalue weighted by atomic mass is 10.2. The van der Waals surface area contributed by atoms with Gasteiger partial charge in [-0.3, -0.25) is 0 Å². The van der Waals surface area contributed by atoms with Gasteiger partial charge in [0.05, 0.1) is 13.0 Å². The molecule has 1 fully saturated rings. The first-order chi connectivity index (χ1) is 9.66. The molecule has 1 aromatic rings. The molecule has 116 valence electrons. The second kappa shape index (κ2) is 5.38. The van der Waals surface area contributed by atoms with Crippen LogP contribution < -0.4 is 10.1 Å². The van der Waals surface area contributed by atoms with Crippen molar-refractivity contribution in [1.29, 1.82) is 0 Å². The van der Waals surface area contributed by atoms with Gasteiger partial charge < -0.3 is 14.8 Å². The molecule has 0 amide bonds. The zero-order valence-electron chi connectivity index (χ0n) is 10.4. The SMILES string of the molecule is O=C1OC(CNc2cccc(OC(F)(F)F)c2)CC1(F)F. The van der Waals surface area contributed by atoms with Gasteiger partial charge in [0.25, 0.3) is 0 Å². The summed E-state index contributed by atoms with van der Waals surface area (Å²) in [5.74, 6) is -5.56. The van der Waals surface area contributed by atoms with Crippen LogP contribution in [0, 0.1) is 0 Å². The normalized spacial score (nSPS) is 21.0. The van der Waals surface area contributed by atoms with E-state index < -0.39 is 36.5 Å². The Morgan fingerprint density at radius 1 is 1.38 bits per heavy atom. The van der Waals surface area contributed by atoms with Gasteiger partial charge in [-0.2, -0.15) is 8.78 Å². The fourth-order valence-corrected chi connectivity index (χ4v) is 1.80. The quantitative estimate of drug-likeness (QED) is 0.686. The van der Waals surface area contributed by atoms with Crippen LogP contribution in [0.25, 0.3) is 0 Å². The summed E-state index contributed by atoms with van der Waals surface area (Å²) in [5.41, 5.74) is 0.225. The summed E-state index contributed by atoms with van der Waals surface area (Å²) in [5, 5.41) is 2.61. The number of rotatable bonds is 4. The van der Waals surface area contributed by atoms with E-state index >= 15 is 0 Å². The number of hydrogen-bond donors (Lipinski definition) is 1. The van der Waals surface area contributed by atoms with Crippen molar-refractivity contribution >= 4 is 11.7 Å². The number of carbonyl (C=O) groups is 1. The van der Waals surface area contributed by atoms with Crippen LogP contribution in [0.5, 0.6) is 5.75 Å². The summed E-state index contributed by atoms with van der Waals surface area (Å²) in [6.07, 6.45) is -6.63. The van der Waals surface area contributed by atoms with Crippen molar-refractivity contribution in [2.45, 2.75) is 24.8 Å². The Morgan fingerprint density at radius 3 is 2.67 bits per heavy atom. The number of ether oxygens (including phenoxy) is 2. The Hall–Kier alpha value is -2.06. The summed E-state index contributed by atoms with van der Waals surface area (Å²) in [7, 11) is 0. The van der Waals surface area contributed by atoms with E-state index in [9.17, 15) is 26.7 Å². The van der Waals surface area contributed by atoms with Gasteiger partial charge in [0.2, 0.25) is 0 Å². The molecule has 0 bridgehead atoms. The van der Waals surface area contributed by atoms with Crippen LogP contribution in [-0.4, -0.2) is 30.9 Å². The number of benzene rings is 1. The largest absolute Gasteiger partial charge is 0.573 e. The van der Waals surface area contributed by atoms with E-state index in [4.69, 9.17) is 0 Å². The molecule has 1 unspecified atom stereocenters. The highest BCUT2D eigenvalue weighted by molar-refractivity contribution is 5.79. The molecule has 0 radical (unpaired) electrons. The highest BCUT2D eigenvalue weighted by Gasteiger charge is 2.50. The van der Waals surface area contributed by atoms with Gasteiger partial charge in [-0.05, 0) is 12.1 Å². The van der Waals surface area contributed by atoms with Crippen LogP contribution >= 0.6 is 0 Å². The number of halogens is 5. The zero-order valence-corrected chi connectivity index (χ0v) is 10.4. The van der Waals surface area contributed by atoms with E-state index in [-0.39, 0.29) is 12.2 Å². The number of carbonyl (C=O) groups excluding carboxylic acids is 1. The van der Waals surface area contributed by atoms with Crippen molar-refractivity contribution in [2.24, 2.45) is 0 Å². The molecule has 1 N–H and O–H groups in total. The summed E-state index contributed by atoms with van der Waals surface area (Å²) < 4.78 is 70.1. The third-order valence-electron chi connectivity index (χ3n) is 2.66. The van der Waals surface area contributed by atoms with Crippen LogP contribution in [0.15, 0.2) is 24.3 Å². The molecule has 4 nitrogen and oxygen atoms in total. The van der Waals surface area contributed by atoms with Crippen molar-refractivity contribution in [3.63, 3.8) is 0 Å². The van der Waals surface area contributed by atoms with Crippen LogP contribution in [0.2, 0.25) is 0 Å². The Labute approximate surface area is 115 Å². The molecule has 9 heteroatoms. The first kappa shape index (κ1) is 15.3. The van der Waals surface area contributed by atoms with Crippen molar-refractivity contribution in [1.82, 2.24) is 0 Å². The Balaban J connectivity index is 1.92. The molecular weight excluding hydrogens is 301 g/mol. The molecule has 2 rings (SSSR count). The van der Waals surface area contributed by atoms with Gasteiger partial charge in [-0.15, -0.1) is 13.2 Å². The first-order valence-corrected chi connectivity index (χ1v) is 5.84. The third kappa shape index (κ3) is 4.20. The monoisotopic (exact) mass is 311 g/mol. The second-order valence-electron chi connectivity index (χ2n) is 4.39. The van der Waals surface area contributed by atoms with E-state index in [1.165, 1.54) is 12.1 Å². The molecule has 1 aromatic carbocycles. The van der Waals surface area contributed by atoms with Gasteiger partial charge in [0.15, 0.2) is 0 Å². The van der Waals surface area contributed by atoms with Crippen molar-refractivity contribution < 1.29 is 36.2 Å². The lowest BCUT2D eigenvalue weighted by molar-refractivity contribution is -0.274. The van der Waals surface area contributed by atoms with Gasteiger partial charge >= 0.3 is 18.3 Å². The van der Waals surface area contributed by atoms with Gasteiger partial charge in [0, 0.05) is 11.8 Å². The highest BCUT2D eigenvalue weighted by atomic mass is 19.4. The molecule has 1 atom stereocenters. The first-order valence-electron chi connectivity index (χ1n) is 5.84. The lowest BCUT2D eigenvalue weighted by Crippen LogP contribution is -2.22. The van der Waals surface area contributed by atoms with Gasteiger partial charge in [0.1, 0.15) is 11.9 Å². The molecular formula is C12H10F5NO3. The Kier molecular flexibility index (Phi) is 3.93. The predicted octanol–water partition coefficient (Wildman–Crippen LogP) is 2.95. The van der Waals surface area contributed by atoms with E-state index in [0.717, 1.165) is 12.1 Å². The van der Waals surface area contributed by atoms with E-state index in [0.29, 0.717) is 0 Å². The molecule has 0 spiro atoms. The average Bonchev–Trinajstić information content (AvgIpc) is 2.59. The minimum absolute atomic E-state index is 0.142. The van der Waals surface area contributed by atoms with Crippen molar-refractivity contribution in [3.8, 4) is 5.75 Å². The summed E-state index contributed by atoms with van der Waals surface area (Å²) >= 11 is 0. The fraction of sp³-hybridized carbons (Fsp3) is 0.417. The minimum atomic E-state index is -4.82. The summed E-state index contributed by atoms with van der Waals surface area (Å²) in [6, 6.07) is 4.89. The van der Waals surface area contributed by atoms with Gasteiger partial charge in [-0.1, -0.05) is 6.07 Å². The average molecular weight is 311 g/mol. The number of cyclic esters (lactones) is 1. The van der Waals surface area contributed by atoms with Crippen molar-refractivity contribution in [3.05, 3.63) is 24.3 Å². The zero-order chi connectivity index (χ0) is 15.7. The minimum Gasteiger partial charge on any atom is -0.456 e. The summed E-state index contributed by atoms with van der Waals surface area (Å²) in [4.78, 5) is 10.8. The molecule has 1 saturated heterocycles. The van der Waals surface area contributed by atoms with E-state index in [2.05, 4.69) is 14.8 Å². The second-order valence-corrected chi connectivity index (χ2v) is 4.39. The molecule has 21 heavy (non-hydrogen) atoms. The van der Waals surface area contributed by atoms with Crippen LogP contribution in [0.4, 0.5) is 27.6 Å². The molecule has 0 aromatic heterocycles. The number of alkyl halides is 5. The highest BCUT2D eigenvalue weighted by Crippen LogP contribution is 2.31. The number of anilines is 1. The van der Waals surface area contributed by atoms with Crippen molar-refractivity contribution in [2.75, 3.05) is 11.9 Å². The number of hydrogen-bond acceptors (Lipinski definition) is 4. The van der Waals surface area contributed by atoms with Crippen LogP contribution in [0.1, 0.15) is 6.42 Å².